The van der Waals surface area contributed by atoms with Crippen LogP contribution in [0.2, 0.25) is 5.02 Å². The Morgan fingerprint density at radius 3 is 2.79 bits per heavy atom. The molecular weight excluding hydrogens is 198 g/mol. The van der Waals surface area contributed by atoms with Crippen molar-refractivity contribution in [3.05, 3.63) is 47.6 Å². The first-order valence-corrected chi connectivity index (χ1v) is 4.53. The van der Waals surface area contributed by atoms with Gasteiger partial charge in [0, 0.05) is 16.9 Å². The fraction of sp³-hybridized carbons (Fsp3) is 0. The van der Waals surface area contributed by atoms with E-state index in [4.69, 9.17) is 11.6 Å². The lowest BCUT2D eigenvalue weighted by molar-refractivity contribution is 1.04. The minimum Gasteiger partial charge on any atom is -0.339 e. The molecule has 1 aromatic carbocycles. The summed E-state index contributed by atoms with van der Waals surface area (Å²) in [5.41, 5.74) is 0.901. The van der Waals surface area contributed by atoms with Gasteiger partial charge < -0.3 is 5.32 Å². The van der Waals surface area contributed by atoms with Gasteiger partial charge in [0.25, 0.3) is 0 Å². The first-order chi connectivity index (χ1) is 6.84. The van der Waals surface area contributed by atoms with Crippen molar-refractivity contribution in [2.75, 3.05) is 5.32 Å². The highest BCUT2D eigenvalue weighted by molar-refractivity contribution is 6.30. The second kappa shape index (κ2) is 4.07. The van der Waals surface area contributed by atoms with E-state index in [1.165, 1.54) is 0 Å². The maximum atomic E-state index is 5.84. The molecular formula is C10H8ClN3. The third kappa shape index (κ3) is 2.20. The number of nitrogens with one attached hydrogen (secondary N) is 1. The molecule has 0 aliphatic heterocycles. The molecule has 0 bridgehead atoms. The summed E-state index contributed by atoms with van der Waals surface area (Å²) in [5.74, 6) is 0.703. The summed E-state index contributed by atoms with van der Waals surface area (Å²) in [6.07, 6.45) is 1.63. The maximum absolute atomic E-state index is 5.84. The SMILES string of the molecule is Clc1cccc(Nc2cccnn2)c1. The summed E-state index contributed by atoms with van der Waals surface area (Å²) in [5, 5.41) is 11.4. The zero-order chi connectivity index (χ0) is 9.80. The van der Waals surface area contributed by atoms with E-state index in [0.29, 0.717) is 10.8 Å². The van der Waals surface area contributed by atoms with Gasteiger partial charge in [-0.15, -0.1) is 5.10 Å². The molecule has 1 aromatic heterocycles. The zero-order valence-corrected chi connectivity index (χ0v) is 8.07. The molecule has 0 fully saturated rings. The quantitative estimate of drug-likeness (QED) is 0.819. The fourth-order valence-electron chi connectivity index (χ4n) is 1.08. The van der Waals surface area contributed by atoms with Gasteiger partial charge in [-0.2, -0.15) is 5.10 Å². The van der Waals surface area contributed by atoms with Crippen molar-refractivity contribution in [2.24, 2.45) is 0 Å². The van der Waals surface area contributed by atoms with Gasteiger partial charge in [0.05, 0.1) is 0 Å². The van der Waals surface area contributed by atoms with E-state index in [1.807, 2.05) is 36.4 Å². The molecule has 0 aliphatic carbocycles. The van der Waals surface area contributed by atoms with Crippen LogP contribution in [-0.4, -0.2) is 10.2 Å². The Balaban J connectivity index is 2.19. The van der Waals surface area contributed by atoms with Crippen LogP contribution in [0.25, 0.3) is 0 Å². The fourth-order valence-corrected chi connectivity index (χ4v) is 1.27. The number of anilines is 2. The van der Waals surface area contributed by atoms with Crippen molar-refractivity contribution in [1.29, 1.82) is 0 Å². The Morgan fingerprint density at radius 1 is 1.14 bits per heavy atom. The predicted molar refractivity (Wildman–Crippen MR) is 56.8 cm³/mol. The van der Waals surface area contributed by atoms with Crippen molar-refractivity contribution in [3.8, 4) is 0 Å². The number of hydrogen-bond acceptors (Lipinski definition) is 3. The van der Waals surface area contributed by atoms with Crippen molar-refractivity contribution in [2.45, 2.75) is 0 Å². The van der Waals surface area contributed by atoms with Crippen LogP contribution in [0.15, 0.2) is 42.6 Å². The monoisotopic (exact) mass is 205 g/mol. The van der Waals surface area contributed by atoms with Crippen molar-refractivity contribution in [3.63, 3.8) is 0 Å². The molecule has 0 unspecified atom stereocenters. The summed E-state index contributed by atoms with van der Waals surface area (Å²) >= 11 is 5.84. The lowest BCUT2D eigenvalue weighted by Gasteiger charge is -2.03. The molecule has 2 rings (SSSR count). The summed E-state index contributed by atoms with van der Waals surface area (Å²) in [6.45, 7) is 0. The normalized spacial score (nSPS) is 9.79. The number of halogens is 1. The van der Waals surface area contributed by atoms with E-state index >= 15 is 0 Å². The number of benzene rings is 1. The molecule has 0 saturated heterocycles. The van der Waals surface area contributed by atoms with Crippen LogP contribution in [0.4, 0.5) is 11.5 Å². The Bertz CT molecular complexity index is 417. The Labute approximate surface area is 86.7 Å². The van der Waals surface area contributed by atoms with E-state index in [-0.39, 0.29) is 0 Å². The first kappa shape index (κ1) is 8.97. The van der Waals surface area contributed by atoms with Crippen LogP contribution >= 0.6 is 11.6 Å². The Kier molecular flexibility index (Phi) is 2.60. The van der Waals surface area contributed by atoms with Gasteiger partial charge in [0.2, 0.25) is 0 Å². The van der Waals surface area contributed by atoms with Gasteiger partial charge in [-0.3, -0.25) is 0 Å². The summed E-state index contributed by atoms with van der Waals surface area (Å²) in [4.78, 5) is 0. The maximum Gasteiger partial charge on any atom is 0.153 e. The minimum atomic E-state index is 0.693. The number of hydrogen-bond donors (Lipinski definition) is 1. The van der Waals surface area contributed by atoms with E-state index in [2.05, 4.69) is 15.5 Å². The lowest BCUT2D eigenvalue weighted by Crippen LogP contribution is -1.93. The van der Waals surface area contributed by atoms with Crippen molar-refractivity contribution in [1.82, 2.24) is 10.2 Å². The van der Waals surface area contributed by atoms with Gasteiger partial charge in [0.15, 0.2) is 5.82 Å². The molecule has 0 aliphatic rings. The smallest absolute Gasteiger partial charge is 0.153 e. The average Bonchev–Trinajstić information content (AvgIpc) is 2.19. The summed E-state index contributed by atoms with van der Waals surface area (Å²) < 4.78 is 0. The molecule has 4 heteroatoms. The molecule has 0 amide bonds. The van der Waals surface area contributed by atoms with Crippen LogP contribution < -0.4 is 5.32 Å². The van der Waals surface area contributed by atoms with E-state index < -0.39 is 0 Å². The van der Waals surface area contributed by atoms with E-state index in [0.717, 1.165) is 5.69 Å². The van der Waals surface area contributed by atoms with Crippen molar-refractivity contribution >= 4 is 23.1 Å². The molecule has 3 nitrogen and oxygen atoms in total. The second-order valence-electron chi connectivity index (χ2n) is 2.74. The summed E-state index contributed by atoms with van der Waals surface area (Å²) in [7, 11) is 0. The minimum absolute atomic E-state index is 0.693. The molecule has 0 spiro atoms. The van der Waals surface area contributed by atoms with Gasteiger partial charge in [-0.05, 0) is 30.3 Å². The second-order valence-corrected chi connectivity index (χ2v) is 3.18. The highest BCUT2D eigenvalue weighted by Gasteiger charge is 1.95. The van der Waals surface area contributed by atoms with Crippen molar-refractivity contribution < 1.29 is 0 Å². The number of nitrogens with zero attached hydrogens (tertiary/aromatic N) is 2. The first-order valence-electron chi connectivity index (χ1n) is 4.15. The van der Waals surface area contributed by atoms with Crippen LogP contribution in [0.1, 0.15) is 0 Å². The third-order valence-corrected chi connectivity index (χ3v) is 1.90. The molecule has 2 aromatic rings. The van der Waals surface area contributed by atoms with Crippen LogP contribution in [0, 0.1) is 0 Å². The third-order valence-electron chi connectivity index (χ3n) is 1.67. The lowest BCUT2D eigenvalue weighted by atomic mass is 10.3. The highest BCUT2D eigenvalue weighted by atomic mass is 35.5. The van der Waals surface area contributed by atoms with Crippen LogP contribution in [-0.2, 0) is 0 Å². The molecule has 14 heavy (non-hydrogen) atoms. The van der Waals surface area contributed by atoms with E-state index in [9.17, 15) is 0 Å². The van der Waals surface area contributed by atoms with Gasteiger partial charge >= 0.3 is 0 Å². The molecule has 1 heterocycles. The topological polar surface area (TPSA) is 37.8 Å². The van der Waals surface area contributed by atoms with Crippen LogP contribution in [0.3, 0.4) is 0 Å². The average molecular weight is 206 g/mol. The van der Waals surface area contributed by atoms with Gasteiger partial charge in [0.1, 0.15) is 0 Å². The standard InChI is InChI=1S/C10H8ClN3/c11-8-3-1-4-9(7-8)13-10-5-2-6-12-14-10/h1-7H,(H,13,14). The van der Waals surface area contributed by atoms with Crippen LogP contribution in [0.5, 0.6) is 0 Å². The molecule has 0 atom stereocenters. The molecule has 1 N–H and O–H groups in total. The highest BCUT2D eigenvalue weighted by Crippen LogP contribution is 2.17. The molecule has 0 radical (unpaired) electrons. The molecule has 70 valence electrons. The Morgan fingerprint density at radius 2 is 2.07 bits per heavy atom. The molecule has 0 saturated carbocycles. The number of aromatic nitrogens is 2. The Hall–Kier alpha value is -1.61. The summed E-state index contributed by atoms with van der Waals surface area (Å²) in [6, 6.07) is 11.1. The van der Waals surface area contributed by atoms with Gasteiger partial charge in [-0.25, -0.2) is 0 Å². The predicted octanol–water partition coefficient (Wildman–Crippen LogP) is 2.87. The zero-order valence-electron chi connectivity index (χ0n) is 7.31. The van der Waals surface area contributed by atoms with Gasteiger partial charge in [-0.1, -0.05) is 17.7 Å². The van der Waals surface area contributed by atoms with E-state index in [1.54, 1.807) is 6.20 Å². The number of rotatable bonds is 2. The largest absolute Gasteiger partial charge is 0.339 e.